The van der Waals surface area contributed by atoms with Gasteiger partial charge >= 0.3 is 5.97 Å². The Balaban J connectivity index is 1.66. The van der Waals surface area contributed by atoms with Crippen LogP contribution in [0.5, 0.6) is 0 Å². The number of thioether (sulfide) groups is 1. The molecule has 0 aliphatic carbocycles. The van der Waals surface area contributed by atoms with Gasteiger partial charge in [-0.05, 0) is 17.7 Å². The van der Waals surface area contributed by atoms with Crippen molar-refractivity contribution in [1.29, 1.82) is 0 Å². The van der Waals surface area contributed by atoms with Crippen LogP contribution >= 0.6 is 11.8 Å². The maximum absolute atomic E-state index is 12.5. The van der Waals surface area contributed by atoms with Crippen molar-refractivity contribution in [3.05, 3.63) is 50.5 Å². The Morgan fingerprint density at radius 1 is 1.35 bits per heavy atom. The highest BCUT2D eigenvalue weighted by atomic mass is 32.2. The molecule has 8 nitrogen and oxygen atoms in total. The number of carbonyl (C=O) groups is 2. The fourth-order valence-corrected chi connectivity index (χ4v) is 4.04. The number of esters is 1. The minimum atomic E-state index is -0.543. The molecule has 0 N–H and O–H groups in total. The predicted octanol–water partition coefficient (Wildman–Crippen LogP) is 2.23. The zero-order valence-electron chi connectivity index (χ0n) is 14.2. The molecule has 0 saturated carbocycles. The lowest BCUT2D eigenvalue weighted by atomic mass is 10.0. The van der Waals surface area contributed by atoms with Crippen LogP contribution in [-0.2, 0) is 25.7 Å². The number of rotatable bonds is 8. The highest BCUT2D eigenvalue weighted by Crippen LogP contribution is 2.43. The van der Waals surface area contributed by atoms with Crippen molar-refractivity contribution in [2.75, 3.05) is 19.5 Å². The molecule has 1 fully saturated rings. The Labute approximate surface area is 154 Å². The van der Waals surface area contributed by atoms with Crippen LogP contribution in [0.15, 0.2) is 34.9 Å². The SMILES string of the molecule is COCCSC1=C(C(=O)OCc2ccc([N+](=O)[O-])cc2)N2C(=O)CC2C1. The van der Waals surface area contributed by atoms with Crippen LogP contribution in [-0.4, -0.2) is 47.2 Å². The second-order valence-corrected chi connectivity index (χ2v) is 7.13. The number of hydrogen-bond acceptors (Lipinski definition) is 7. The summed E-state index contributed by atoms with van der Waals surface area (Å²) >= 11 is 1.51. The molecule has 2 aliphatic heterocycles. The zero-order chi connectivity index (χ0) is 18.7. The Bertz CT molecular complexity index is 761. The van der Waals surface area contributed by atoms with Crippen molar-refractivity contribution in [2.45, 2.75) is 25.5 Å². The number of nitro groups is 1. The number of fused-ring (bicyclic) bond motifs is 1. The highest BCUT2D eigenvalue weighted by molar-refractivity contribution is 8.03. The quantitative estimate of drug-likeness (QED) is 0.225. The molecule has 0 radical (unpaired) electrons. The third kappa shape index (κ3) is 3.73. The first-order chi connectivity index (χ1) is 12.5. The van der Waals surface area contributed by atoms with E-state index in [4.69, 9.17) is 9.47 Å². The number of β-lactam (4-membered cyclic amide) rings is 1. The highest BCUT2D eigenvalue weighted by Gasteiger charge is 2.48. The van der Waals surface area contributed by atoms with E-state index in [9.17, 15) is 19.7 Å². The fourth-order valence-electron chi connectivity index (χ4n) is 2.92. The fraction of sp³-hybridized carbons (Fsp3) is 0.412. The molecule has 1 aromatic carbocycles. The van der Waals surface area contributed by atoms with Gasteiger partial charge in [-0.3, -0.25) is 14.9 Å². The summed E-state index contributed by atoms with van der Waals surface area (Å²) < 4.78 is 10.4. The number of ether oxygens (including phenoxy) is 2. The molecule has 26 heavy (non-hydrogen) atoms. The first-order valence-electron chi connectivity index (χ1n) is 8.08. The van der Waals surface area contributed by atoms with Crippen LogP contribution in [0.25, 0.3) is 0 Å². The van der Waals surface area contributed by atoms with Crippen LogP contribution in [0, 0.1) is 10.1 Å². The second-order valence-electron chi connectivity index (χ2n) is 5.94. The van der Waals surface area contributed by atoms with E-state index in [1.807, 2.05) is 0 Å². The van der Waals surface area contributed by atoms with Gasteiger partial charge in [0.25, 0.3) is 5.69 Å². The van der Waals surface area contributed by atoms with E-state index in [2.05, 4.69) is 0 Å². The minimum Gasteiger partial charge on any atom is -0.456 e. The van der Waals surface area contributed by atoms with Crippen molar-refractivity contribution < 1.29 is 24.0 Å². The summed E-state index contributed by atoms with van der Waals surface area (Å²) in [7, 11) is 1.61. The molecule has 138 valence electrons. The zero-order valence-corrected chi connectivity index (χ0v) is 15.0. The maximum Gasteiger partial charge on any atom is 0.356 e. The van der Waals surface area contributed by atoms with Crippen molar-refractivity contribution >= 4 is 29.3 Å². The lowest BCUT2D eigenvalue weighted by Crippen LogP contribution is -2.49. The molecular weight excluding hydrogens is 360 g/mol. The van der Waals surface area contributed by atoms with E-state index in [0.29, 0.717) is 36.5 Å². The molecule has 0 aromatic heterocycles. The predicted molar refractivity (Wildman–Crippen MR) is 94.1 cm³/mol. The summed E-state index contributed by atoms with van der Waals surface area (Å²) in [6.07, 6.45) is 1.12. The minimum absolute atomic E-state index is 0.0109. The van der Waals surface area contributed by atoms with Crippen molar-refractivity contribution in [1.82, 2.24) is 4.90 Å². The lowest BCUT2D eigenvalue weighted by Gasteiger charge is -2.35. The molecule has 0 spiro atoms. The van der Waals surface area contributed by atoms with Crippen LogP contribution < -0.4 is 0 Å². The van der Waals surface area contributed by atoms with Crippen molar-refractivity contribution in [3.63, 3.8) is 0 Å². The maximum atomic E-state index is 12.5. The summed E-state index contributed by atoms with van der Waals surface area (Å²) in [5, 5.41) is 10.7. The van der Waals surface area contributed by atoms with Gasteiger partial charge in [0, 0.05) is 42.7 Å². The Kier molecular flexibility index (Phi) is 5.58. The number of amides is 1. The van der Waals surface area contributed by atoms with E-state index in [0.717, 1.165) is 4.91 Å². The van der Waals surface area contributed by atoms with Crippen LogP contribution in [0.3, 0.4) is 0 Å². The molecule has 1 aromatic rings. The normalized spacial score (nSPS) is 18.6. The molecule has 9 heteroatoms. The van der Waals surface area contributed by atoms with E-state index >= 15 is 0 Å². The van der Waals surface area contributed by atoms with Gasteiger partial charge in [0.05, 0.1) is 17.6 Å². The lowest BCUT2D eigenvalue weighted by molar-refractivity contribution is -0.384. The third-order valence-electron chi connectivity index (χ3n) is 4.24. The number of non-ortho nitro benzene ring substituents is 1. The van der Waals surface area contributed by atoms with Crippen LogP contribution in [0.1, 0.15) is 18.4 Å². The Hall–Kier alpha value is -2.39. The molecule has 1 saturated heterocycles. The Morgan fingerprint density at radius 2 is 2.08 bits per heavy atom. The monoisotopic (exact) mass is 378 g/mol. The van der Waals surface area contributed by atoms with E-state index < -0.39 is 10.9 Å². The van der Waals surface area contributed by atoms with Gasteiger partial charge in [0.15, 0.2) is 0 Å². The number of nitrogens with zero attached hydrogens (tertiary/aromatic N) is 2. The number of methoxy groups -OCH3 is 1. The summed E-state index contributed by atoms with van der Waals surface area (Å²) in [4.78, 5) is 37.0. The van der Waals surface area contributed by atoms with E-state index in [-0.39, 0.29) is 24.2 Å². The molecular formula is C17H18N2O6S. The van der Waals surface area contributed by atoms with Gasteiger partial charge in [-0.2, -0.15) is 0 Å². The summed E-state index contributed by atoms with van der Waals surface area (Å²) in [6, 6.07) is 5.85. The number of hydrogen-bond donors (Lipinski definition) is 0. The number of benzene rings is 1. The van der Waals surface area contributed by atoms with Gasteiger partial charge in [-0.1, -0.05) is 0 Å². The average molecular weight is 378 g/mol. The largest absolute Gasteiger partial charge is 0.456 e. The molecule has 1 unspecified atom stereocenters. The molecule has 1 atom stereocenters. The van der Waals surface area contributed by atoms with E-state index in [1.165, 1.54) is 28.8 Å². The standard InChI is InChI=1S/C17H18N2O6S/c1-24-6-7-26-14-8-13-9-15(20)18(13)16(14)17(21)25-10-11-2-4-12(5-3-11)19(22)23/h2-5,13H,6-10H2,1H3. The van der Waals surface area contributed by atoms with Crippen molar-refractivity contribution in [2.24, 2.45) is 0 Å². The molecule has 3 rings (SSSR count). The van der Waals surface area contributed by atoms with Gasteiger partial charge in [0.2, 0.25) is 5.91 Å². The first kappa shape index (κ1) is 18.4. The van der Waals surface area contributed by atoms with Gasteiger partial charge in [0.1, 0.15) is 12.3 Å². The molecule has 1 amide bonds. The topological polar surface area (TPSA) is 99.0 Å². The summed E-state index contributed by atoms with van der Waals surface area (Å²) in [6.45, 7) is 0.543. The van der Waals surface area contributed by atoms with Gasteiger partial charge < -0.3 is 14.4 Å². The first-order valence-corrected chi connectivity index (χ1v) is 9.07. The van der Waals surface area contributed by atoms with Gasteiger partial charge in [-0.15, -0.1) is 11.8 Å². The van der Waals surface area contributed by atoms with Crippen LogP contribution in [0.2, 0.25) is 0 Å². The second kappa shape index (κ2) is 7.88. The average Bonchev–Trinajstić information content (AvgIpc) is 2.92. The third-order valence-corrected chi connectivity index (χ3v) is 5.32. The smallest absolute Gasteiger partial charge is 0.356 e. The van der Waals surface area contributed by atoms with Gasteiger partial charge in [-0.25, -0.2) is 4.79 Å². The van der Waals surface area contributed by atoms with E-state index in [1.54, 1.807) is 19.2 Å². The van der Waals surface area contributed by atoms with Crippen molar-refractivity contribution in [3.8, 4) is 0 Å². The molecule has 0 bridgehead atoms. The Morgan fingerprint density at radius 3 is 2.69 bits per heavy atom. The molecule has 2 heterocycles. The summed E-state index contributed by atoms with van der Waals surface area (Å²) in [5.41, 5.74) is 0.946. The van der Waals surface area contributed by atoms with Crippen LogP contribution in [0.4, 0.5) is 5.69 Å². The molecule has 2 aliphatic rings. The number of nitro benzene ring substituents is 1. The number of carbonyl (C=O) groups excluding carboxylic acids is 2. The summed E-state index contributed by atoms with van der Waals surface area (Å²) in [5.74, 6) is 0.0816.